The minimum atomic E-state index is -2.63. The van der Waals surface area contributed by atoms with Gasteiger partial charge in [-0.15, -0.1) is 10.2 Å². The van der Waals surface area contributed by atoms with Crippen molar-refractivity contribution in [3.63, 3.8) is 0 Å². The Morgan fingerprint density at radius 3 is 2.62 bits per heavy atom. The van der Waals surface area contributed by atoms with E-state index in [0.29, 0.717) is 32.0 Å². The molecule has 0 N–H and O–H groups in total. The first-order valence-electron chi connectivity index (χ1n) is 7.96. The minimum absolute atomic E-state index is 0.0586. The summed E-state index contributed by atoms with van der Waals surface area (Å²) in [5.74, 6) is 0.277. The van der Waals surface area contributed by atoms with Gasteiger partial charge in [-0.1, -0.05) is 18.2 Å². The average molecular weight is 333 g/mol. The summed E-state index contributed by atoms with van der Waals surface area (Å²) in [5.41, 5.74) is 0.894. The van der Waals surface area contributed by atoms with E-state index in [1.54, 1.807) is 4.90 Å². The second kappa shape index (κ2) is 5.94. The molecule has 8 heteroatoms. The number of amides is 1. The molecule has 0 aliphatic carbocycles. The van der Waals surface area contributed by atoms with Crippen molar-refractivity contribution in [3.8, 4) is 0 Å². The highest BCUT2D eigenvalue weighted by Crippen LogP contribution is 2.27. The number of rotatable bonds is 3. The lowest BCUT2D eigenvalue weighted by molar-refractivity contribution is -0.122. The Morgan fingerprint density at radius 2 is 1.88 bits per heavy atom. The molecule has 1 atom stereocenters. The van der Waals surface area contributed by atoms with Gasteiger partial charge in [-0.25, -0.2) is 8.78 Å². The van der Waals surface area contributed by atoms with E-state index < -0.39 is 6.43 Å². The molecule has 0 radical (unpaired) electrons. The third-order valence-corrected chi connectivity index (χ3v) is 4.69. The maximum Gasteiger partial charge on any atom is 0.297 e. The third-order valence-electron chi connectivity index (χ3n) is 4.69. The molecule has 2 aliphatic rings. The molecule has 1 aromatic carbocycles. The van der Waals surface area contributed by atoms with Gasteiger partial charge in [0, 0.05) is 25.3 Å². The molecule has 4 rings (SSSR count). The Hall–Kier alpha value is -2.35. The third kappa shape index (κ3) is 2.47. The van der Waals surface area contributed by atoms with E-state index in [1.165, 1.54) is 4.57 Å². The van der Waals surface area contributed by atoms with Crippen LogP contribution in [0.1, 0.15) is 24.5 Å². The summed E-state index contributed by atoms with van der Waals surface area (Å²) < 4.78 is 27.2. The number of nitrogens with zero attached hydrogens (tertiary/aromatic N) is 5. The van der Waals surface area contributed by atoms with Gasteiger partial charge in [0.2, 0.25) is 5.91 Å². The molecule has 0 unspecified atom stereocenters. The van der Waals surface area contributed by atoms with E-state index in [9.17, 15) is 13.6 Å². The molecule has 6 nitrogen and oxygen atoms in total. The van der Waals surface area contributed by atoms with Crippen molar-refractivity contribution >= 4 is 11.6 Å². The Bertz CT molecular complexity index is 748. The number of aromatic nitrogens is 3. The number of carbonyl (C=O) groups excluding carboxylic acids is 1. The number of halogens is 2. The van der Waals surface area contributed by atoms with E-state index in [2.05, 4.69) is 10.2 Å². The Labute approximate surface area is 137 Å². The largest absolute Gasteiger partial charge is 0.311 e. The lowest BCUT2D eigenvalue weighted by Crippen LogP contribution is -2.45. The molecule has 3 heterocycles. The van der Waals surface area contributed by atoms with Gasteiger partial charge < -0.3 is 9.47 Å². The van der Waals surface area contributed by atoms with Crippen molar-refractivity contribution in [2.24, 2.45) is 0 Å². The fourth-order valence-corrected chi connectivity index (χ4v) is 3.49. The second-order valence-electron chi connectivity index (χ2n) is 6.03. The zero-order valence-electron chi connectivity index (χ0n) is 13.0. The average Bonchev–Trinajstić information content (AvgIpc) is 3.18. The molecule has 1 saturated heterocycles. The number of carbonyl (C=O) groups is 1. The fourth-order valence-electron chi connectivity index (χ4n) is 3.49. The van der Waals surface area contributed by atoms with Crippen LogP contribution in [0.5, 0.6) is 0 Å². The van der Waals surface area contributed by atoms with Gasteiger partial charge in [-0.2, -0.15) is 0 Å². The van der Waals surface area contributed by atoms with Gasteiger partial charge in [0.25, 0.3) is 6.43 Å². The standard InChI is InChI=1S/C16H17F2N5O/c17-14(18)15-20-19-13-10-21(8-9-23(13)15)12-6-7-22(16(12)24)11-4-2-1-3-5-11/h1-5,12,14H,6-10H2/t12-/m1/s1. The molecule has 0 spiro atoms. The van der Waals surface area contributed by atoms with E-state index in [4.69, 9.17) is 0 Å². The fraction of sp³-hybridized carbons (Fsp3) is 0.438. The van der Waals surface area contributed by atoms with Gasteiger partial charge >= 0.3 is 0 Å². The summed E-state index contributed by atoms with van der Waals surface area (Å²) in [6.45, 7) is 1.97. The molecule has 0 bridgehead atoms. The zero-order chi connectivity index (χ0) is 16.7. The summed E-state index contributed by atoms with van der Waals surface area (Å²) in [5, 5.41) is 7.45. The Balaban J connectivity index is 1.51. The quantitative estimate of drug-likeness (QED) is 0.860. The minimum Gasteiger partial charge on any atom is -0.311 e. The molecule has 2 aliphatic heterocycles. The van der Waals surface area contributed by atoms with Crippen LogP contribution in [0.4, 0.5) is 14.5 Å². The first-order chi connectivity index (χ1) is 11.6. The predicted molar refractivity (Wildman–Crippen MR) is 82.6 cm³/mol. The first kappa shape index (κ1) is 15.2. The molecule has 1 fully saturated rings. The summed E-state index contributed by atoms with van der Waals surface area (Å²) >= 11 is 0. The lowest BCUT2D eigenvalue weighted by atomic mass is 10.2. The maximum atomic E-state index is 12.9. The molecule has 126 valence electrons. The van der Waals surface area contributed by atoms with Gasteiger partial charge in [0.1, 0.15) is 5.82 Å². The predicted octanol–water partition coefficient (Wildman–Crippen LogP) is 1.84. The highest BCUT2D eigenvalue weighted by Gasteiger charge is 2.38. The van der Waals surface area contributed by atoms with Gasteiger partial charge in [-0.3, -0.25) is 9.69 Å². The van der Waals surface area contributed by atoms with Crippen LogP contribution in [-0.4, -0.2) is 44.7 Å². The smallest absolute Gasteiger partial charge is 0.297 e. The number of benzene rings is 1. The van der Waals surface area contributed by atoms with Crippen LogP contribution in [0.3, 0.4) is 0 Å². The molecular formula is C16H17F2N5O. The summed E-state index contributed by atoms with van der Waals surface area (Å²) in [7, 11) is 0. The van der Waals surface area contributed by atoms with Gasteiger partial charge in [0.05, 0.1) is 12.6 Å². The Morgan fingerprint density at radius 1 is 1.08 bits per heavy atom. The highest BCUT2D eigenvalue weighted by molar-refractivity contribution is 5.99. The molecule has 24 heavy (non-hydrogen) atoms. The normalized spacial score (nSPS) is 21.5. The topological polar surface area (TPSA) is 54.3 Å². The number of anilines is 1. The van der Waals surface area contributed by atoms with Crippen LogP contribution in [-0.2, 0) is 17.9 Å². The van der Waals surface area contributed by atoms with Crippen LogP contribution < -0.4 is 4.90 Å². The van der Waals surface area contributed by atoms with Crippen LogP contribution in [0.2, 0.25) is 0 Å². The summed E-state index contributed by atoms with van der Waals surface area (Å²) in [6, 6.07) is 9.34. The van der Waals surface area contributed by atoms with Crippen molar-refractivity contribution in [2.75, 3.05) is 18.0 Å². The lowest BCUT2D eigenvalue weighted by Gasteiger charge is -2.31. The number of para-hydroxylation sites is 1. The SMILES string of the molecule is O=C1[C@H](N2CCn3c(nnc3C(F)F)C2)CCN1c1ccccc1. The molecule has 2 aromatic rings. The number of hydrogen-bond acceptors (Lipinski definition) is 4. The molecule has 1 aromatic heterocycles. The number of fused-ring (bicyclic) bond motifs is 1. The number of alkyl halides is 2. The van der Waals surface area contributed by atoms with Crippen LogP contribution in [0.15, 0.2) is 30.3 Å². The van der Waals surface area contributed by atoms with Crippen molar-refractivity contribution in [3.05, 3.63) is 42.0 Å². The van der Waals surface area contributed by atoms with E-state index in [1.807, 2.05) is 35.2 Å². The van der Waals surface area contributed by atoms with Gasteiger partial charge in [0.15, 0.2) is 5.82 Å². The monoisotopic (exact) mass is 333 g/mol. The van der Waals surface area contributed by atoms with E-state index >= 15 is 0 Å². The van der Waals surface area contributed by atoms with Crippen molar-refractivity contribution in [1.29, 1.82) is 0 Å². The molecule has 1 amide bonds. The second-order valence-corrected chi connectivity index (χ2v) is 6.03. The van der Waals surface area contributed by atoms with Crippen molar-refractivity contribution in [2.45, 2.75) is 32.0 Å². The molecule has 0 saturated carbocycles. The van der Waals surface area contributed by atoms with Crippen LogP contribution in [0.25, 0.3) is 0 Å². The number of hydrogen-bond donors (Lipinski definition) is 0. The van der Waals surface area contributed by atoms with E-state index in [-0.39, 0.29) is 17.8 Å². The maximum absolute atomic E-state index is 12.9. The summed E-state index contributed by atoms with van der Waals surface area (Å²) in [4.78, 5) is 16.6. The van der Waals surface area contributed by atoms with Crippen LogP contribution in [0, 0.1) is 0 Å². The molecular weight excluding hydrogens is 316 g/mol. The van der Waals surface area contributed by atoms with Gasteiger partial charge in [-0.05, 0) is 18.6 Å². The Kier molecular flexibility index (Phi) is 3.76. The first-order valence-corrected chi connectivity index (χ1v) is 7.96. The van der Waals surface area contributed by atoms with Crippen molar-refractivity contribution < 1.29 is 13.6 Å². The van der Waals surface area contributed by atoms with Crippen molar-refractivity contribution in [1.82, 2.24) is 19.7 Å². The summed E-state index contributed by atoms with van der Waals surface area (Å²) in [6.07, 6.45) is -1.90. The van der Waals surface area contributed by atoms with Crippen LogP contribution >= 0.6 is 0 Å². The zero-order valence-corrected chi connectivity index (χ0v) is 13.0. The van der Waals surface area contributed by atoms with E-state index in [0.717, 1.165) is 12.1 Å². The highest BCUT2D eigenvalue weighted by atomic mass is 19.3.